The van der Waals surface area contributed by atoms with Crippen molar-refractivity contribution in [1.82, 2.24) is 19.9 Å². The summed E-state index contributed by atoms with van der Waals surface area (Å²) >= 11 is 11.8. The molecule has 1 amide bonds. The molecule has 0 fully saturated rings. The molecule has 0 spiro atoms. The highest BCUT2D eigenvalue weighted by atomic mass is 35.5. The van der Waals surface area contributed by atoms with Crippen molar-refractivity contribution in [3.05, 3.63) is 46.3 Å². The van der Waals surface area contributed by atoms with Crippen molar-refractivity contribution in [2.24, 2.45) is 0 Å². The quantitative estimate of drug-likeness (QED) is 0.726. The number of hydrogen-bond acceptors (Lipinski definition) is 4. The number of halogens is 2. The number of H-pyrrole nitrogens is 1. The van der Waals surface area contributed by atoms with Crippen molar-refractivity contribution in [3.8, 4) is 0 Å². The highest BCUT2D eigenvalue weighted by Gasteiger charge is 2.11. The first-order valence-corrected chi connectivity index (χ1v) is 6.78. The van der Waals surface area contributed by atoms with Gasteiger partial charge in [-0.25, -0.2) is 4.98 Å². The van der Waals surface area contributed by atoms with E-state index in [1.54, 1.807) is 24.3 Å². The lowest BCUT2D eigenvalue weighted by molar-refractivity contribution is -0.115. The summed E-state index contributed by atoms with van der Waals surface area (Å²) in [7, 11) is 0. The second-order valence-corrected chi connectivity index (χ2v) is 5.09. The van der Waals surface area contributed by atoms with Gasteiger partial charge >= 0.3 is 0 Å². The normalized spacial score (nSPS) is 10.8. The molecule has 0 aliphatic carbocycles. The lowest BCUT2D eigenvalue weighted by atomic mass is 10.1. The third kappa shape index (κ3) is 3.12. The molecule has 0 radical (unpaired) electrons. The predicted octanol–water partition coefficient (Wildman–Crippen LogP) is 2.84. The molecule has 21 heavy (non-hydrogen) atoms. The van der Waals surface area contributed by atoms with E-state index in [9.17, 15) is 4.79 Å². The number of fused-ring (bicyclic) bond motifs is 1. The lowest BCUT2D eigenvalue weighted by Crippen LogP contribution is -2.16. The summed E-state index contributed by atoms with van der Waals surface area (Å²) < 4.78 is 0. The van der Waals surface area contributed by atoms with E-state index < -0.39 is 0 Å². The Kier molecular flexibility index (Phi) is 3.72. The molecule has 2 N–H and O–H groups in total. The Morgan fingerprint density at radius 2 is 1.95 bits per heavy atom. The first-order chi connectivity index (χ1) is 10.1. The van der Waals surface area contributed by atoms with Gasteiger partial charge in [-0.2, -0.15) is 9.97 Å². The Balaban J connectivity index is 1.75. The highest BCUT2D eigenvalue weighted by molar-refractivity contribution is 6.33. The number of aromatic amines is 1. The monoisotopic (exact) mass is 321 g/mol. The topological polar surface area (TPSA) is 83.6 Å². The molecule has 6 nitrogen and oxygen atoms in total. The predicted molar refractivity (Wildman–Crippen MR) is 80.5 cm³/mol. The lowest BCUT2D eigenvalue weighted by Gasteiger charge is -2.04. The van der Waals surface area contributed by atoms with Gasteiger partial charge < -0.3 is 4.98 Å². The van der Waals surface area contributed by atoms with Crippen LogP contribution in [0.2, 0.25) is 10.2 Å². The van der Waals surface area contributed by atoms with Crippen LogP contribution in [-0.4, -0.2) is 25.8 Å². The number of amides is 1. The number of aromatic nitrogens is 4. The molecule has 0 atom stereocenters. The largest absolute Gasteiger partial charge is 0.341 e. The molecule has 3 rings (SSSR count). The molecule has 0 aliphatic rings. The fourth-order valence-corrected chi connectivity index (χ4v) is 2.16. The summed E-state index contributed by atoms with van der Waals surface area (Å²) in [5.74, 6) is -0.123. The van der Waals surface area contributed by atoms with Crippen molar-refractivity contribution >= 4 is 46.2 Å². The van der Waals surface area contributed by atoms with Crippen molar-refractivity contribution < 1.29 is 4.79 Å². The summed E-state index contributed by atoms with van der Waals surface area (Å²) in [5.41, 5.74) is 1.77. The van der Waals surface area contributed by atoms with Crippen LogP contribution in [0.4, 0.5) is 5.95 Å². The Morgan fingerprint density at radius 1 is 1.19 bits per heavy atom. The van der Waals surface area contributed by atoms with Crippen molar-refractivity contribution in [2.75, 3.05) is 5.32 Å². The molecule has 106 valence electrons. The third-order valence-corrected chi connectivity index (χ3v) is 3.30. The average Bonchev–Trinajstić information content (AvgIpc) is 2.90. The van der Waals surface area contributed by atoms with E-state index >= 15 is 0 Å². The maximum absolute atomic E-state index is 12.0. The SMILES string of the molecule is O=C(Cc1ccc(Cl)cc1)Nc1nc(Cl)c2[nH]cnc2n1. The molecule has 0 saturated carbocycles. The minimum absolute atomic E-state index is 0.124. The first-order valence-electron chi connectivity index (χ1n) is 6.03. The number of carbonyl (C=O) groups is 1. The maximum Gasteiger partial charge on any atom is 0.233 e. The fourth-order valence-electron chi connectivity index (χ4n) is 1.81. The molecule has 1 aromatic carbocycles. The van der Waals surface area contributed by atoms with Gasteiger partial charge in [0.25, 0.3) is 0 Å². The zero-order chi connectivity index (χ0) is 14.8. The van der Waals surface area contributed by atoms with Gasteiger partial charge in [-0.1, -0.05) is 35.3 Å². The molecule has 0 unspecified atom stereocenters. The maximum atomic E-state index is 12.0. The van der Waals surface area contributed by atoms with Crippen LogP contribution >= 0.6 is 23.2 Å². The number of benzene rings is 1. The summed E-state index contributed by atoms with van der Waals surface area (Å²) in [5, 5.41) is 3.43. The number of nitrogens with one attached hydrogen (secondary N) is 2. The van der Waals surface area contributed by atoms with Gasteiger partial charge in [-0.05, 0) is 17.7 Å². The van der Waals surface area contributed by atoms with E-state index in [-0.39, 0.29) is 23.4 Å². The molecule has 0 aliphatic heterocycles. The number of anilines is 1. The number of imidazole rings is 1. The average molecular weight is 322 g/mol. The Bertz CT molecular complexity index is 800. The van der Waals surface area contributed by atoms with Gasteiger partial charge in [0.05, 0.1) is 12.7 Å². The molecule has 2 aromatic heterocycles. The highest BCUT2D eigenvalue weighted by Crippen LogP contribution is 2.18. The fraction of sp³-hybridized carbons (Fsp3) is 0.0769. The number of rotatable bonds is 3. The van der Waals surface area contributed by atoms with Crippen LogP contribution in [-0.2, 0) is 11.2 Å². The van der Waals surface area contributed by atoms with Crippen LogP contribution in [0.3, 0.4) is 0 Å². The zero-order valence-corrected chi connectivity index (χ0v) is 12.1. The van der Waals surface area contributed by atoms with Crippen LogP contribution < -0.4 is 5.32 Å². The molecule has 2 heterocycles. The number of carbonyl (C=O) groups excluding carboxylic acids is 1. The molecular weight excluding hydrogens is 313 g/mol. The second-order valence-electron chi connectivity index (χ2n) is 4.29. The van der Waals surface area contributed by atoms with E-state index in [1.165, 1.54) is 6.33 Å². The summed E-state index contributed by atoms with van der Waals surface area (Å²) in [6.45, 7) is 0. The van der Waals surface area contributed by atoms with E-state index in [0.29, 0.717) is 16.2 Å². The molecule has 3 aromatic rings. The van der Waals surface area contributed by atoms with Gasteiger partial charge in [0.15, 0.2) is 10.8 Å². The van der Waals surface area contributed by atoms with E-state index in [0.717, 1.165) is 5.56 Å². The minimum Gasteiger partial charge on any atom is -0.341 e. The summed E-state index contributed by atoms with van der Waals surface area (Å²) in [4.78, 5) is 26.9. The van der Waals surface area contributed by atoms with Crippen LogP contribution in [0.15, 0.2) is 30.6 Å². The van der Waals surface area contributed by atoms with E-state index in [4.69, 9.17) is 23.2 Å². The van der Waals surface area contributed by atoms with Gasteiger partial charge in [-0.15, -0.1) is 0 Å². The van der Waals surface area contributed by atoms with Crippen molar-refractivity contribution in [3.63, 3.8) is 0 Å². The third-order valence-electron chi connectivity index (χ3n) is 2.77. The Labute approximate surface area is 129 Å². The first kappa shape index (κ1) is 13.8. The van der Waals surface area contributed by atoms with E-state index in [2.05, 4.69) is 25.3 Å². The Hall–Kier alpha value is -2.18. The van der Waals surface area contributed by atoms with Crippen LogP contribution in [0.1, 0.15) is 5.56 Å². The smallest absolute Gasteiger partial charge is 0.233 e. The van der Waals surface area contributed by atoms with Gasteiger partial charge in [0.1, 0.15) is 5.52 Å². The van der Waals surface area contributed by atoms with Crippen LogP contribution in [0.25, 0.3) is 11.2 Å². The van der Waals surface area contributed by atoms with E-state index in [1.807, 2.05) is 0 Å². The summed E-state index contributed by atoms with van der Waals surface area (Å²) in [6, 6.07) is 7.03. The zero-order valence-electron chi connectivity index (χ0n) is 10.6. The Morgan fingerprint density at radius 3 is 2.71 bits per heavy atom. The minimum atomic E-state index is -0.247. The van der Waals surface area contributed by atoms with Gasteiger partial charge in [-0.3, -0.25) is 10.1 Å². The number of nitrogens with zero attached hydrogens (tertiary/aromatic N) is 3. The van der Waals surface area contributed by atoms with Gasteiger partial charge in [0, 0.05) is 5.02 Å². The molecular formula is C13H9Cl2N5O. The van der Waals surface area contributed by atoms with Crippen LogP contribution in [0, 0.1) is 0 Å². The van der Waals surface area contributed by atoms with Crippen molar-refractivity contribution in [1.29, 1.82) is 0 Å². The molecule has 0 saturated heterocycles. The van der Waals surface area contributed by atoms with Crippen LogP contribution in [0.5, 0.6) is 0 Å². The molecule has 0 bridgehead atoms. The number of hydrogen-bond donors (Lipinski definition) is 2. The summed E-state index contributed by atoms with van der Waals surface area (Å²) in [6.07, 6.45) is 1.65. The second kappa shape index (κ2) is 5.67. The van der Waals surface area contributed by atoms with Gasteiger partial charge in [0.2, 0.25) is 11.9 Å². The molecule has 8 heteroatoms. The van der Waals surface area contributed by atoms with Crippen molar-refractivity contribution in [2.45, 2.75) is 6.42 Å². The standard InChI is InChI=1S/C13H9Cl2N5O/c14-8-3-1-7(2-4-8)5-9(21)18-13-19-11(15)10-12(20-13)17-6-16-10/h1-4,6H,5H2,(H2,16,17,18,19,20,21).